The van der Waals surface area contributed by atoms with Crippen LogP contribution in [0, 0.1) is 6.92 Å². The van der Waals surface area contributed by atoms with Gasteiger partial charge in [-0.15, -0.1) is 11.3 Å². The largest absolute Gasteiger partial charge is 0.497 e. The van der Waals surface area contributed by atoms with Gasteiger partial charge in [-0.3, -0.25) is 10.1 Å². The van der Waals surface area contributed by atoms with Gasteiger partial charge in [0.1, 0.15) is 10.6 Å². The molecule has 0 saturated carbocycles. The van der Waals surface area contributed by atoms with Gasteiger partial charge in [-0.1, -0.05) is 22.6 Å². The number of aryl methyl sites for hydroxylation is 1. The molecular weight excluding hydrogens is 384 g/mol. The molecule has 4 rings (SSSR count). The number of anilines is 1. The standard InChI is InChI=1S/C18H14N4O3S2/c1-10-14(17-20-15(22-25-17)13-4-3-9-26-13)27-18(19-10)21-16(23)11-5-7-12(24-2)8-6-11/h3-9H,1-2H3,(H,19,21,23). The molecule has 1 N–H and O–H groups in total. The van der Waals surface area contributed by atoms with E-state index in [2.05, 4.69) is 20.4 Å². The lowest BCUT2D eigenvalue weighted by Crippen LogP contribution is -2.11. The van der Waals surface area contributed by atoms with Crippen molar-refractivity contribution in [2.24, 2.45) is 0 Å². The second-order valence-corrected chi connectivity index (χ2v) is 7.46. The molecule has 4 aromatic rings. The quantitative estimate of drug-likeness (QED) is 0.533. The number of thiophene rings is 1. The van der Waals surface area contributed by atoms with Crippen LogP contribution in [0.1, 0.15) is 16.1 Å². The minimum atomic E-state index is -0.247. The first-order valence-corrected chi connectivity index (χ1v) is 9.64. The molecular formula is C18H14N4O3S2. The molecule has 7 nitrogen and oxygen atoms in total. The van der Waals surface area contributed by atoms with Crippen molar-refractivity contribution in [3.05, 3.63) is 53.0 Å². The zero-order valence-corrected chi connectivity index (χ0v) is 16.1. The SMILES string of the molecule is COc1ccc(C(=O)Nc2nc(C)c(-c3nc(-c4cccs4)no3)s2)cc1. The first-order valence-electron chi connectivity index (χ1n) is 7.95. The Morgan fingerprint density at radius 1 is 1.19 bits per heavy atom. The maximum absolute atomic E-state index is 12.4. The molecule has 0 atom stereocenters. The van der Waals surface area contributed by atoms with Gasteiger partial charge in [-0.05, 0) is 42.6 Å². The highest BCUT2D eigenvalue weighted by Gasteiger charge is 2.19. The number of amides is 1. The Bertz CT molecular complexity index is 1070. The molecule has 1 aromatic carbocycles. The fourth-order valence-electron chi connectivity index (χ4n) is 2.38. The number of aromatic nitrogens is 3. The summed E-state index contributed by atoms with van der Waals surface area (Å²) in [5.41, 5.74) is 1.23. The number of thiazole rings is 1. The van der Waals surface area contributed by atoms with Crippen LogP contribution in [0.3, 0.4) is 0 Å². The van der Waals surface area contributed by atoms with Gasteiger partial charge in [-0.25, -0.2) is 4.98 Å². The third kappa shape index (κ3) is 3.60. The Kier molecular flexibility index (Phi) is 4.69. The third-order valence-electron chi connectivity index (χ3n) is 3.73. The number of hydrogen-bond donors (Lipinski definition) is 1. The van der Waals surface area contributed by atoms with Crippen LogP contribution in [0.2, 0.25) is 0 Å². The molecule has 0 radical (unpaired) electrons. The van der Waals surface area contributed by atoms with Crippen LogP contribution < -0.4 is 10.1 Å². The van der Waals surface area contributed by atoms with Crippen LogP contribution in [0.25, 0.3) is 21.5 Å². The molecule has 0 aliphatic rings. The Morgan fingerprint density at radius 2 is 2.00 bits per heavy atom. The first-order chi connectivity index (χ1) is 13.1. The van der Waals surface area contributed by atoms with E-state index in [-0.39, 0.29) is 5.91 Å². The number of rotatable bonds is 5. The van der Waals surface area contributed by atoms with E-state index in [9.17, 15) is 4.79 Å². The highest BCUT2D eigenvalue weighted by molar-refractivity contribution is 7.19. The van der Waals surface area contributed by atoms with Crippen molar-refractivity contribution in [3.8, 4) is 27.2 Å². The Labute approximate surface area is 162 Å². The summed E-state index contributed by atoms with van der Waals surface area (Å²) in [6, 6.07) is 10.7. The van der Waals surface area contributed by atoms with Gasteiger partial charge in [0.05, 0.1) is 17.7 Å². The lowest BCUT2D eigenvalue weighted by Gasteiger charge is -2.03. The van der Waals surface area contributed by atoms with Crippen molar-refractivity contribution in [2.75, 3.05) is 12.4 Å². The number of carbonyl (C=O) groups excluding carboxylic acids is 1. The molecule has 9 heteroatoms. The summed E-state index contributed by atoms with van der Waals surface area (Å²) in [7, 11) is 1.58. The van der Waals surface area contributed by atoms with Gasteiger partial charge in [0.25, 0.3) is 11.8 Å². The molecule has 27 heavy (non-hydrogen) atoms. The predicted octanol–water partition coefficient (Wildman–Crippen LogP) is 4.49. The van der Waals surface area contributed by atoms with Crippen LogP contribution in [-0.2, 0) is 0 Å². The fraction of sp³-hybridized carbons (Fsp3) is 0.111. The third-order valence-corrected chi connectivity index (χ3v) is 5.66. The van der Waals surface area contributed by atoms with Crippen molar-refractivity contribution in [1.29, 1.82) is 0 Å². The van der Waals surface area contributed by atoms with Gasteiger partial charge >= 0.3 is 0 Å². The molecule has 0 spiro atoms. The Balaban J connectivity index is 1.53. The summed E-state index contributed by atoms with van der Waals surface area (Å²) >= 11 is 2.83. The normalized spacial score (nSPS) is 10.7. The number of methoxy groups -OCH3 is 1. The van der Waals surface area contributed by atoms with Crippen LogP contribution in [0.5, 0.6) is 5.75 Å². The molecule has 0 aliphatic carbocycles. The maximum atomic E-state index is 12.4. The molecule has 0 aliphatic heterocycles. The van der Waals surface area contributed by atoms with Crippen LogP contribution in [0.15, 0.2) is 46.3 Å². The van der Waals surface area contributed by atoms with E-state index in [0.717, 1.165) is 9.75 Å². The van der Waals surface area contributed by atoms with Crippen molar-refractivity contribution >= 4 is 33.7 Å². The van der Waals surface area contributed by atoms with E-state index < -0.39 is 0 Å². The highest BCUT2D eigenvalue weighted by Crippen LogP contribution is 2.33. The van der Waals surface area contributed by atoms with E-state index in [1.165, 1.54) is 22.7 Å². The van der Waals surface area contributed by atoms with Crippen molar-refractivity contribution in [2.45, 2.75) is 6.92 Å². The second-order valence-electron chi connectivity index (χ2n) is 5.52. The van der Waals surface area contributed by atoms with E-state index in [4.69, 9.17) is 9.26 Å². The summed E-state index contributed by atoms with van der Waals surface area (Å²) in [5, 5.41) is 9.24. The van der Waals surface area contributed by atoms with Crippen LogP contribution in [0.4, 0.5) is 5.13 Å². The van der Waals surface area contributed by atoms with Crippen molar-refractivity contribution in [3.63, 3.8) is 0 Å². The van der Waals surface area contributed by atoms with Crippen molar-refractivity contribution < 1.29 is 14.1 Å². The molecule has 0 bridgehead atoms. The Hall–Kier alpha value is -3.04. The van der Waals surface area contributed by atoms with Gasteiger partial charge in [-0.2, -0.15) is 4.98 Å². The molecule has 3 heterocycles. The predicted molar refractivity (Wildman–Crippen MR) is 104 cm³/mol. The monoisotopic (exact) mass is 398 g/mol. The van der Waals surface area contributed by atoms with Gasteiger partial charge in [0.15, 0.2) is 5.13 Å². The molecule has 136 valence electrons. The van der Waals surface area contributed by atoms with Crippen LogP contribution in [-0.4, -0.2) is 28.1 Å². The number of nitrogens with one attached hydrogen (secondary N) is 1. The number of hydrogen-bond acceptors (Lipinski definition) is 8. The van der Waals surface area contributed by atoms with Gasteiger partial charge in [0.2, 0.25) is 5.82 Å². The maximum Gasteiger partial charge on any atom is 0.270 e. The van der Waals surface area contributed by atoms with Gasteiger partial charge < -0.3 is 9.26 Å². The zero-order chi connectivity index (χ0) is 18.8. The average Bonchev–Trinajstić information content (AvgIpc) is 3.42. The smallest absolute Gasteiger partial charge is 0.270 e. The summed E-state index contributed by atoms with van der Waals surface area (Å²) in [5.74, 6) is 1.37. The fourth-order valence-corrected chi connectivity index (χ4v) is 3.91. The number of benzene rings is 1. The van der Waals surface area contributed by atoms with E-state index >= 15 is 0 Å². The first kappa shape index (κ1) is 17.4. The molecule has 0 saturated heterocycles. The number of ether oxygens (including phenoxy) is 1. The number of carbonyl (C=O) groups is 1. The summed E-state index contributed by atoms with van der Waals surface area (Å²) in [6.45, 7) is 1.84. The van der Waals surface area contributed by atoms with Crippen molar-refractivity contribution in [1.82, 2.24) is 15.1 Å². The summed E-state index contributed by atoms with van der Waals surface area (Å²) < 4.78 is 10.5. The molecule has 0 unspecified atom stereocenters. The summed E-state index contributed by atoms with van der Waals surface area (Å²) in [6.07, 6.45) is 0. The highest BCUT2D eigenvalue weighted by atomic mass is 32.1. The Morgan fingerprint density at radius 3 is 2.70 bits per heavy atom. The second kappa shape index (κ2) is 7.29. The lowest BCUT2D eigenvalue weighted by atomic mass is 10.2. The molecule has 1 amide bonds. The summed E-state index contributed by atoms with van der Waals surface area (Å²) in [4.78, 5) is 22.9. The lowest BCUT2D eigenvalue weighted by molar-refractivity contribution is 0.102. The topological polar surface area (TPSA) is 90.1 Å². The van der Waals surface area contributed by atoms with E-state index in [0.29, 0.717) is 33.9 Å². The molecule has 0 fully saturated rings. The minimum Gasteiger partial charge on any atom is -0.497 e. The van der Waals surface area contributed by atoms with Gasteiger partial charge in [0, 0.05) is 5.56 Å². The number of nitrogens with zero attached hydrogens (tertiary/aromatic N) is 3. The molecule has 3 aromatic heterocycles. The zero-order valence-electron chi connectivity index (χ0n) is 14.4. The average molecular weight is 398 g/mol. The van der Waals surface area contributed by atoms with E-state index in [1.54, 1.807) is 31.4 Å². The van der Waals surface area contributed by atoms with E-state index in [1.807, 2.05) is 24.4 Å². The van der Waals surface area contributed by atoms with Crippen LogP contribution >= 0.6 is 22.7 Å². The minimum absolute atomic E-state index is 0.247.